The molecule has 0 bridgehead atoms. The molecule has 1 aromatic carbocycles. The molecular formula is C15H23NOS. The molecule has 0 aromatic heterocycles. The average Bonchev–Trinajstić information content (AvgIpc) is 2.67. The molecule has 2 rings (SSSR count). The molecule has 1 fully saturated rings. The van der Waals surface area contributed by atoms with Crippen molar-refractivity contribution >= 4 is 17.4 Å². The van der Waals surface area contributed by atoms with E-state index in [1.165, 1.54) is 22.8 Å². The predicted octanol–water partition coefficient (Wildman–Crippen LogP) is 3.95. The van der Waals surface area contributed by atoms with Gasteiger partial charge in [0, 0.05) is 17.5 Å². The molecule has 0 radical (unpaired) electrons. The van der Waals surface area contributed by atoms with Crippen molar-refractivity contribution in [2.75, 3.05) is 16.8 Å². The quantitative estimate of drug-likeness (QED) is 0.891. The second-order valence-electron chi connectivity index (χ2n) is 5.41. The van der Waals surface area contributed by atoms with Gasteiger partial charge < -0.3 is 10.1 Å². The molecule has 18 heavy (non-hydrogen) atoms. The number of hydrogen-bond acceptors (Lipinski definition) is 3. The highest BCUT2D eigenvalue weighted by Crippen LogP contribution is 2.29. The third-order valence-corrected chi connectivity index (χ3v) is 4.63. The SMILES string of the molecule is Cc1cc(OC(C)C)ccc1NC1CSCC1C. The van der Waals surface area contributed by atoms with E-state index in [0.29, 0.717) is 6.04 Å². The second-order valence-corrected chi connectivity index (χ2v) is 6.48. The Hall–Kier alpha value is -0.830. The van der Waals surface area contributed by atoms with Crippen LogP contribution in [-0.2, 0) is 0 Å². The fraction of sp³-hybridized carbons (Fsp3) is 0.600. The Balaban J connectivity index is 2.05. The van der Waals surface area contributed by atoms with Gasteiger partial charge in [0.25, 0.3) is 0 Å². The summed E-state index contributed by atoms with van der Waals surface area (Å²) in [6.07, 6.45) is 0.231. The normalized spacial score (nSPS) is 23.4. The van der Waals surface area contributed by atoms with Crippen LogP contribution in [0.15, 0.2) is 18.2 Å². The van der Waals surface area contributed by atoms with E-state index in [0.717, 1.165) is 11.7 Å². The van der Waals surface area contributed by atoms with Crippen LogP contribution in [0.1, 0.15) is 26.3 Å². The van der Waals surface area contributed by atoms with Gasteiger partial charge in [0.2, 0.25) is 0 Å². The molecule has 1 heterocycles. The molecule has 2 atom stereocenters. The smallest absolute Gasteiger partial charge is 0.120 e. The summed E-state index contributed by atoms with van der Waals surface area (Å²) in [6, 6.07) is 6.92. The summed E-state index contributed by atoms with van der Waals surface area (Å²) >= 11 is 2.04. The van der Waals surface area contributed by atoms with Crippen molar-refractivity contribution in [2.45, 2.75) is 39.8 Å². The Morgan fingerprint density at radius 3 is 2.67 bits per heavy atom. The fourth-order valence-corrected chi connectivity index (χ4v) is 3.59. The summed E-state index contributed by atoms with van der Waals surface area (Å²) in [7, 11) is 0. The third-order valence-electron chi connectivity index (χ3n) is 3.28. The largest absolute Gasteiger partial charge is 0.491 e. The maximum Gasteiger partial charge on any atom is 0.120 e. The summed E-state index contributed by atoms with van der Waals surface area (Å²) in [6.45, 7) is 8.57. The molecule has 1 saturated heterocycles. The minimum Gasteiger partial charge on any atom is -0.491 e. The minimum absolute atomic E-state index is 0.231. The van der Waals surface area contributed by atoms with E-state index >= 15 is 0 Å². The highest BCUT2D eigenvalue weighted by Gasteiger charge is 2.23. The maximum atomic E-state index is 5.71. The van der Waals surface area contributed by atoms with Crippen molar-refractivity contribution in [3.63, 3.8) is 0 Å². The van der Waals surface area contributed by atoms with Gasteiger partial charge in [-0.05, 0) is 56.2 Å². The molecule has 0 spiro atoms. The van der Waals surface area contributed by atoms with Gasteiger partial charge in [-0.25, -0.2) is 0 Å². The summed E-state index contributed by atoms with van der Waals surface area (Å²) in [4.78, 5) is 0. The van der Waals surface area contributed by atoms with Crippen molar-refractivity contribution in [1.29, 1.82) is 0 Å². The summed E-state index contributed by atoms with van der Waals surface area (Å²) in [5.41, 5.74) is 2.50. The summed E-state index contributed by atoms with van der Waals surface area (Å²) in [5, 5.41) is 3.66. The summed E-state index contributed by atoms with van der Waals surface area (Å²) in [5.74, 6) is 4.19. The van der Waals surface area contributed by atoms with Gasteiger partial charge >= 0.3 is 0 Å². The van der Waals surface area contributed by atoms with Crippen molar-refractivity contribution in [2.24, 2.45) is 5.92 Å². The van der Waals surface area contributed by atoms with Gasteiger partial charge in [-0.2, -0.15) is 11.8 Å². The number of benzene rings is 1. The maximum absolute atomic E-state index is 5.71. The van der Waals surface area contributed by atoms with Crippen molar-refractivity contribution in [1.82, 2.24) is 0 Å². The Morgan fingerprint density at radius 2 is 2.11 bits per heavy atom. The topological polar surface area (TPSA) is 21.3 Å². The highest BCUT2D eigenvalue weighted by molar-refractivity contribution is 7.99. The van der Waals surface area contributed by atoms with Crippen LogP contribution >= 0.6 is 11.8 Å². The van der Waals surface area contributed by atoms with Gasteiger partial charge in [0.05, 0.1) is 6.10 Å². The van der Waals surface area contributed by atoms with Gasteiger partial charge in [0.15, 0.2) is 0 Å². The lowest BCUT2D eigenvalue weighted by Crippen LogP contribution is -2.25. The third kappa shape index (κ3) is 3.35. The molecule has 1 aromatic rings. The number of thioether (sulfide) groups is 1. The van der Waals surface area contributed by atoms with Crippen LogP contribution in [0, 0.1) is 12.8 Å². The zero-order valence-electron chi connectivity index (χ0n) is 11.7. The molecule has 0 amide bonds. The number of anilines is 1. The first kappa shape index (κ1) is 13.6. The van der Waals surface area contributed by atoms with Crippen molar-refractivity contribution in [3.8, 4) is 5.75 Å². The molecule has 3 heteroatoms. The van der Waals surface area contributed by atoms with E-state index in [-0.39, 0.29) is 6.10 Å². The van der Waals surface area contributed by atoms with E-state index in [1.54, 1.807) is 0 Å². The number of nitrogens with one attached hydrogen (secondary N) is 1. The van der Waals surface area contributed by atoms with E-state index in [1.807, 2.05) is 11.8 Å². The van der Waals surface area contributed by atoms with Gasteiger partial charge in [-0.1, -0.05) is 6.92 Å². The van der Waals surface area contributed by atoms with E-state index < -0.39 is 0 Å². The Kier molecular flexibility index (Phi) is 4.44. The number of rotatable bonds is 4. The van der Waals surface area contributed by atoms with Crippen LogP contribution in [0.2, 0.25) is 0 Å². The predicted molar refractivity (Wildman–Crippen MR) is 80.8 cm³/mol. The number of hydrogen-bond donors (Lipinski definition) is 1. The standard InChI is InChI=1S/C15H23NOS/c1-10(2)17-13-5-6-14(11(3)7-13)16-15-9-18-8-12(15)4/h5-7,10,12,15-16H,8-9H2,1-4H3. The average molecular weight is 265 g/mol. The molecule has 1 aliphatic heterocycles. The molecule has 2 unspecified atom stereocenters. The monoisotopic (exact) mass is 265 g/mol. The van der Waals surface area contributed by atoms with E-state index in [2.05, 4.69) is 51.2 Å². The first-order chi connectivity index (χ1) is 8.56. The molecule has 0 aliphatic carbocycles. The Bertz CT molecular complexity index is 405. The zero-order chi connectivity index (χ0) is 13.1. The van der Waals surface area contributed by atoms with Crippen LogP contribution in [0.3, 0.4) is 0 Å². The molecule has 1 N–H and O–H groups in total. The van der Waals surface area contributed by atoms with Crippen LogP contribution in [0.4, 0.5) is 5.69 Å². The molecule has 2 nitrogen and oxygen atoms in total. The van der Waals surface area contributed by atoms with E-state index in [4.69, 9.17) is 4.74 Å². The highest BCUT2D eigenvalue weighted by atomic mass is 32.2. The lowest BCUT2D eigenvalue weighted by Gasteiger charge is -2.20. The molecular weight excluding hydrogens is 242 g/mol. The fourth-order valence-electron chi connectivity index (χ4n) is 2.19. The van der Waals surface area contributed by atoms with Crippen LogP contribution in [0.5, 0.6) is 5.75 Å². The zero-order valence-corrected chi connectivity index (χ0v) is 12.5. The molecule has 1 aliphatic rings. The van der Waals surface area contributed by atoms with Crippen molar-refractivity contribution in [3.05, 3.63) is 23.8 Å². The minimum atomic E-state index is 0.231. The summed E-state index contributed by atoms with van der Waals surface area (Å²) < 4.78 is 5.71. The molecule has 0 saturated carbocycles. The van der Waals surface area contributed by atoms with Gasteiger partial charge in [-0.3, -0.25) is 0 Å². The lowest BCUT2D eigenvalue weighted by atomic mass is 10.1. The van der Waals surface area contributed by atoms with Crippen LogP contribution in [0.25, 0.3) is 0 Å². The Labute approximate surface area is 114 Å². The van der Waals surface area contributed by atoms with Crippen LogP contribution in [-0.4, -0.2) is 23.7 Å². The van der Waals surface area contributed by atoms with Gasteiger partial charge in [-0.15, -0.1) is 0 Å². The lowest BCUT2D eigenvalue weighted by molar-refractivity contribution is 0.242. The first-order valence-corrected chi connectivity index (χ1v) is 7.83. The second kappa shape index (κ2) is 5.87. The first-order valence-electron chi connectivity index (χ1n) is 6.68. The van der Waals surface area contributed by atoms with Gasteiger partial charge in [0.1, 0.15) is 5.75 Å². The van der Waals surface area contributed by atoms with E-state index in [9.17, 15) is 0 Å². The van der Waals surface area contributed by atoms with Crippen LogP contribution < -0.4 is 10.1 Å². The Morgan fingerprint density at radius 1 is 1.33 bits per heavy atom. The molecule has 100 valence electrons. The van der Waals surface area contributed by atoms with Crippen molar-refractivity contribution < 1.29 is 4.74 Å². The number of ether oxygens (including phenoxy) is 1. The number of aryl methyl sites for hydroxylation is 1.